The molecule has 0 aliphatic carbocycles. The first-order valence-corrected chi connectivity index (χ1v) is 5.99. The van der Waals surface area contributed by atoms with Gasteiger partial charge in [-0.2, -0.15) is 13.5 Å². The average Bonchev–Trinajstić information content (AvgIpc) is 2.12. The molecule has 0 aliphatic heterocycles. The molecule has 5 heteroatoms. The third kappa shape index (κ3) is 7.49. The van der Waals surface area contributed by atoms with Crippen LogP contribution in [-0.4, -0.2) is 54.6 Å². The molecule has 0 heterocycles. The molecule has 17 heavy (non-hydrogen) atoms. The zero-order valence-corrected chi connectivity index (χ0v) is 13.2. The van der Waals surface area contributed by atoms with Gasteiger partial charge in [0.05, 0.1) is 0 Å². The lowest BCUT2D eigenvalue weighted by Gasteiger charge is -2.33. The van der Waals surface area contributed by atoms with E-state index in [1.165, 1.54) is 0 Å². The van der Waals surface area contributed by atoms with Gasteiger partial charge in [-0.25, -0.2) is 4.79 Å². The van der Waals surface area contributed by atoms with Gasteiger partial charge in [-0.1, -0.05) is 0 Å². The Kier molecular flexibility index (Phi) is 9.62. The predicted molar refractivity (Wildman–Crippen MR) is 79.0 cm³/mol. The van der Waals surface area contributed by atoms with Crippen molar-refractivity contribution >= 4 is 19.5 Å². The first kappa shape index (κ1) is 18.9. The molecule has 0 aromatic heterocycles. The number of nitrogens with zero attached hydrogens (tertiary/aromatic N) is 2. The molecule has 0 fully saturated rings. The monoisotopic (exact) mass is 263 g/mol. The Bertz CT molecular complexity index is 212. The fraction of sp³-hybridized carbons (Fsp3) is 0.917. The number of amides is 2. The van der Waals surface area contributed by atoms with Crippen LogP contribution in [0.4, 0.5) is 4.79 Å². The minimum absolute atomic E-state index is 0. The zero-order chi connectivity index (χ0) is 12.9. The molecule has 0 aromatic rings. The van der Waals surface area contributed by atoms with Gasteiger partial charge in [0.25, 0.3) is 0 Å². The number of hydrogen-bond acceptors (Lipinski definition) is 2. The maximum absolute atomic E-state index is 11.5. The molecule has 1 N–H and O–H groups in total. The van der Waals surface area contributed by atoms with Gasteiger partial charge in [-0.15, -0.1) is 0 Å². The van der Waals surface area contributed by atoms with Crippen molar-refractivity contribution in [2.75, 3.05) is 20.6 Å². The van der Waals surface area contributed by atoms with E-state index in [1.807, 2.05) is 6.92 Å². The van der Waals surface area contributed by atoms with E-state index in [1.54, 1.807) is 19.0 Å². The highest BCUT2D eigenvalue weighted by Crippen LogP contribution is 2.05. The summed E-state index contributed by atoms with van der Waals surface area (Å²) in [5.74, 6) is 0. The molecule has 0 aromatic carbocycles. The third-order valence-electron chi connectivity index (χ3n) is 2.59. The van der Waals surface area contributed by atoms with Crippen molar-refractivity contribution in [1.29, 1.82) is 0 Å². The number of nitrogens with one attached hydrogen (secondary N) is 1. The number of urea groups is 1. The number of carbonyl (C=O) groups excluding carboxylic acids is 1. The molecule has 0 saturated heterocycles. The van der Waals surface area contributed by atoms with Gasteiger partial charge < -0.3 is 10.2 Å². The molecular weight excluding hydrogens is 234 g/mol. The Labute approximate surface area is 113 Å². The van der Waals surface area contributed by atoms with Crippen molar-refractivity contribution < 1.29 is 4.79 Å². The van der Waals surface area contributed by atoms with Crippen LogP contribution in [0, 0.1) is 0 Å². The molecule has 4 nitrogen and oxygen atoms in total. The lowest BCUT2D eigenvalue weighted by atomic mass is 10.2. The van der Waals surface area contributed by atoms with Gasteiger partial charge in [-0.05, 0) is 34.6 Å². The minimum Gasteiger partial charge on any atom is -0.334 e. The highest BCUT2D eigenvalue weighted by atomic mass is 32.1. The van der Waals surface area contributed by atoms with E-state index in [4.69, 9.17) is 0 Å². The quantitative estimate of drug-likeness (QED) is 0.822. The highest BCUT2D eigenvalue weighted by molar-refractivity contribution is 7.59. The summed E-state index contributed by atoms with van der Waals surface area (Å²) >= 11 is 0. The zero-order valence-electron chi connectivity index (χ0n) is 12.2. The molecule has 0 rings (SSSR count). The van der Waals surface area contributed by atoms with Crippen LogP contribution in [0.1, 0.15) is 34.6 Å². The third-order valence-corrected chi connectivity index (χ3v) is 2.59. The van der Waals surface area contributed by atoms with E-state index in [0.29, 0.717) is 12.1 Å². The normalized spacial score (nSPS) is 12.6. The molecule has 0 radical (unpaired) electrons. The van der Waals surface area contributed by atoms with E-state index in [-0.39, 0.29) is 25.6 Å². The van der Waals surface area contributed by atoms with Crippen molar-refractivity contribution in [3.8, 4) is 0 Å². The van der Waals surface area contributed by atoms with Crippen LogP contribution in [0.15, 0.2) is 0 Å². The molecule has 2 amide bonds. The Morgan fingerprint density at radius 1 is 1.06 bits per heavy atom. The fourth-order valence-corrected chi connectivity index (χ4v) is 1.72. The Morgan fingerprint density at radius 2 is 1.47 bits per heavy atom. The first-order chi connectivity index (χ1) is 7.25. The first-order valence-electron chi connectivity index (χ1n) is 5.99. The molecule has 0 saturated carbocycles. The van der Waals surface area contributed by atoms with Crippen molar-refractivity contribution in [2.24, 2.45) is 0 Å². The Balaban J connectivity index is 0. The Hall–Kier alpha value is -0.420. The summed E-state index contributed by atoms with van der Waals surface area (Å²) in [5.41, 5.74) is 0. The average molecular weight is 263 g/mol. The van der Waals surface area contributed by atoms with Gasteiger partial charge in [0.1, 0.15) is 0 Å². The molecule has 1 atom stereocenters. The smallest absolute Gasteiger partial charge is 0.317 e. The maximum Gasteiger partial charge on any atom is 0.317 e. The highest BCUT2D eigenvalue weighted by Gasteiger charge is 2.17. The summed E-state index contributed by atoms with van der Waals surface area (Å²) in [6, 6.07) is 1.14. The summed E-state index contributed by atoms with van der Waals surface area (Å²) in [6.45, 7) is 11.6. The van der Waals surface area contributed by atoms with Gasteiger partial charge in [0.15, 0.2) is 0 Å². The SMILES string of the molecule is CC(C)N(C[C@H](C)NC(=O)N(C)C)C(C)C.S. The number of rotatable bonds is 5. The predicted octanol–water partition coefficient (Wildman–Crippen LogP) is 1.88. The van der Waals surface area contributed by atoms with E-state index < -0.39 is 0 Å². The van der Waals surface area contributed by atoms with Crippen molar-refractivity contribution in [3.05, 3.63) is 0 Å². The lowest BCUT2D eigenvalue weighted by Crippen LogP contribution is -2.49. The second kappa shape index (κ2) is 8.64. The molecule has 0 spiro atoms. The van der Waals surface area contributed by atoms with Crippen LogP contribution in [0.5, 0.6) is 0 Å². The topological polar surface area (TPSA) is 35.6 Å². The Morgan fingerprint density at radius 3 is 1.76 bits per heavy atom. The largest absolute Gasteiger partial charge is 0.334 e. The van der Waals surface area contributed by atoms with Crippen LogP contribution < -0.4 is 5.32 Å². The van der Waals surface area contributed by atoms with E-state index in [0.717, 1.165) is 6.54 Å². The van der Waals surface area contributed by atoms with Crippen molar-refractivity contribution in [1.82, 2.24) is 15.1 Å². The summed E-state index contributed by atoms with van der Waals surface area (Å²) in [5, 5.41) is 2.96. The fourth-order valence-electron chi connectivity index (χ4n) is 1.72. The lowest BCUT2D eigenvalue weighted by molar-refractivity contribution is 0.155. The maximum atomic E-state index is 11.5. The molecule has 0 bridgehead atoms. The van der Waals surface area contributed by atoms with E-state index in [2.05, 4.69) is 37.9 Å². The molecule has 0 aliphatic rings. The van der Waals surface area contributed by atoms with Gasteiger partial charge in [-0.3, -0.25) is 4.90 Å². The van der Waals surface area contributed by atoms with Gasteiger partial charge >= 0.3 is 6.03 Å². The minimum atomic E-state index is -0.0278. The number of hydrogen-bond donors (Lipinski definition) is 1. The molecule has 0 unspecified atom stereocenters. The molecular formula is C12H29N3OS. The van der Waals surface area contributed by atoms with Crippen LogP contribution in [0.25, 0.3) is 0 Å². The molecule has 104 valence electrons. The van der Waals surface area contributed by atoms with Crippen LogP contribution >= 0.6 is 13.5 Å². The van der Waals surface area contributed by atoms with Gasteiger partial charge in [0, 0.05) is 38.8 Å². The summed E-state index contributed by atoms with van der Waals surface area (Å²) in [7, 11) is 3.51. The second-order valence-electron chi connectivity index (χ2n) is 5.13. The van der Waals surface area contributed by atoms with Crippen LogP contribution in [0.3, 0.4) is 0 Å². The standard InChI is InChI=1S/C12H27N3O.H2S/c1-9(2)15(10(3)4)8-11(5)13-12(16)14(6)7;/h9-11H,8H2,1-7H3,(H,13,16);1H2/t11-;/m0./s1. The van der Waals surface area contributed by atoms with Crippen LogP contribution in [0.2, 0.25) is 0 Å². The number of carbonyl (C=O) groups is 1. The summed E-state index contributed by atoms with van der Waals surface area (Å²) in [6.07, 6.45) is 0. The van der Waals surface area contributed by atoms with Crippen molar-refractivity contribution in [3.63, 3.8) is 0 Å². The summed E-state index contributed by atoms with van der Waals surface area (Å²) in [4.78, 5) is 15.4. The van der Waals surface area contributed by atoms with Gasteiger partial charge in [0.2, 0.25) is 0 Å². The summed E-state index contributed by atoms with van der Waals surface area (Å²) < 4.78 is 0. The van der Waals surface area contributed by atoms with Crippen molar-refractivity contribution in [2.45, 2.75) is 52.7 Å². The van der Waals surface area contributed by atoms with E-state index in [9.17, 15) is 4.79 Å². The van der Waals surface area contributed by atoms with Crippen LogP contribution in [-0.2, 0) is 0 Å². The second-order valence-corrected chi connectivity index (χ2v) is 5.13. The van der Waals surface area contributed by atoms with E-state index >= 15 is 0 Å².